The highest BCUT2D eigenvalue weighted by molar-refractivity contribution is 5.84. The Morgan fingerprint density at radius 3 is 2.86 bits per heavy atom. The first-order valence-corrected chi connectivity index (χ1v) is 7.51. The average Bonchev–Trinajstić information content (AvgIpc) is 2.85. The van der Waals surface area contributed by atoms with Gasteiger partial charge in [-0.1, -0.05) is 6.92 Å². The Morgan fingerprint density at radius 1 is 1.52 bits per heavy atom. The van der Waals surface area contributed by atoms with Crippen molar-refractivity contribution in [2.75, 3.05) is 26.2 Å². The highest BCUT2D eigenvalue weighted by Crippen LogP contribution is 2.28. The van der Waals surface area contributed by atoms with E-state index in [1.54, 1.807) is 16.7 Å². The highest BCUT2D eigenvalue weighted by Gasteiger charge is 2.43. The summed E-state index contributed by atoms with van der Waals surface area (Å²) in [6, 6.07) is -0.246. The van der Waals surface area contributed by atoms with Crippen molar-refractivity contribution in [2.24, 2.45) is 11.8 Å². The highest BCUT2D eigenvalue weighted by atomic mass is 16.4. The zero-order valence-electron chi connectivity index (χ0n) is 12.5. The topological polar surface area (TPSA) is 90.0 Å². The van der Waals surface area contributed by atoms with Gasteiger partial charge in [0, 0.05) is 26.2 Å². The number of carbonyl (C=O) groups is 3. The van der Waals surface area contributed by atoms with E-state index in [1.807, 2.05) is 6.92 Å². The van der Waals surface area contributed by atoms with Crippen molar-refractivity contribution in [3.8, 4) is 0 Å². The van der Waals surface area contributed by atoms with E-state index in [0.717, 1.165) is 12.8 Å². The molecule has 2 N–H and O–H groups in total. The van der Waals surface area contributed by atoms with E-state index >= 15 is 0 Å². The third-order valence-electron chi connectivity index (χ3n) is 4.41. The Kier molecular flexibility index (Phi) is 4.69. The number of nitrogens with zero attached hydrogens (tertiary/aromatic N) is 2. The van der Waals surface area contributed by atoms with Gasteiger partial charge in [-0.3, -0.25) is 9.59 Å². The van der Waals surface area contributed by atoms with Gasteiger partial charge in [-0.05, 0) is 19.8 Å². The van der Waals surface area contributed by atoms with Gasteiger partial charge in [-0.25, -0.2) is 4.79 Å². The predicted octanol–water partition coefficient (Wildman–Crippen LogP) is 0.359. The number of fused-ring (bicyclic) bond motifs is 1. The molecule has 3 amide bonds. The molecule has 0 aromatic rings. The molecule has 0 radical (unpaired) electrons. The second-order valence-corrected chi connectivity index (χ2v) is 5.82. The number of hydrogen-bond donors (Lipinski definition) is 2. The van der Waals surface area contributed by atoms with E-state index in [1.165, 1.54) is 0 Å². The van der Waals surface area contributed by atoms with Gasteiger partial charge in [-0.2, -0.15) is 0 Å². The van der Waals surface area contributed by atoms with E-state index in [9.17, 15) is 14.4 Å². The van der Waals surface area contributed by atoms with E-state index in [0.29, 0.717) is 19.6 Å². The molecule has 21 heavy (non-hydrogen) atoms. The Labute approximate surface area is 124 Å². The summed E-state index contributed by atoms with van der Waals surface area (Å²) in [7, 11) is 0. The third kappa shape index (κ3) is 3.11. The van der Waals surface area contributed by atoms with Crippen molar-refractivity contribution in [2.45, 2.75) is 32.7 Å². The van der Waals surface area contributed by atoms with Gasteiger partial charge < -0.3 is 20.2 Å². The minimum atomic E-state index is -0.907. The molecule has 0 aromatic carbocycles. The van der Waals surface area contributed by atoms with Gasteiger partial charge in [0.1, 0.15) is 0 Å². The SMILES string of the molecule is CCN(CC(C)C(=O)O)C(=O)N1CCCC2C(=O)NCC21. The molecule has 3 atom stereocenters. The number of carboxylic acid groups (broad SMARTS) is 1. The van der Waals surface area contributed by atoms with Gasteiger partial charge in [0.25, 0.3) is 0 Å². The quantitative estimate of drug-likeness (QED) is 0.784. The molecule has 2 aliphatic rings. The minimum absolute atomic E-state index is 0.0273. The number of aliphatic carboxylic acids is 1. The Morgan fingerprint density at radius 2 is 2.24 bits per heavy atom. The minimum Gasteiger partial charge on any atom is -0.481 e. The lowest BCUT2D eigenvalue weighted by Crippen LogP contribution is -2.54. The molecule has 0 saturated carbocycles. The van der Waals surface area contributed by atoms with E-state index < -0.39 is 11.9 Å². The number of piperidine rings is 1. The molecular weight excluding hydrogens is 274 g/mol. The summed E-state index contributed by atoms with van der Waals surface area (Å²) in [6.07, 6.45) is 1.63. The standard InChI is InChI=1S/C14H23N3O4/c1-3-16(8-9(2)13(19)20)14(21)17-6-4-5-10-11(17)7-15-12(10)18/h9-11H,3-8H2,1-2H3,(H,15,18)(H,19,20). The molecule has 0 bridgehead atoms. The molecule has 2 rings (SSSR count). The van der Waals surface area contributed by atoms with Gasteiger partial charge in [0.15, 0.2) is 0 Å². The van der Waals surface area contributed by atoms with Crippen LogP contribution in [0.5, 0.6) is 0 Å². The zero-order chi connectivity index (χ0) is 15.6. The first kappa shape index (κ1) is 15.6. The van der Waals surface area contributed by atoms with Crippen molar-refractivity contribution in [1.29, 1.82) is 0 Å². The molecule has 2 fully saturated rings. The number of urea groups is 1. The van der Waals surface area contributed by atoms with Gasteiger partial charge in [-0.15, -0.1) is 0 Å². The number of likely N-dealkylation sites (tertiary alicyclic amines) is 1. The van der Waals surface area contributed by atoms with Crippen LogP contribution < -0.4 is 5.32 Å². The fourth-order valence-corrected chi connectivity index (χ4v) is 3.12. The van der Waals surface area contributed by atoms with Crippen LogP contribution in [0, 0.1) is 11.8 Å². The lowest BCUT2D eigenvalue weighted by atomic mass is 9.92. The fraction of sp³-hybridized carbons (Fsp3) is 0.786. The van der Waals surface area contributed by atoms with Crippen molar-refractivity contribution in [3.05, 3.63) is 0 Å². The molecule has 118 valence electrons. The van der Waals surface area contributed by atoms with Crippen LogP contribution in [0.25, 0.3) is 0 Å². The van der Waals surface area contributed by atoms with Gasteiger partial charge in [0.2, 0.25) is 5.91 Å². The zero-order valence-corrected chi connectivity index (χ0v) is 12.5. The van der Waals surface area contributed by atoms with Crippen LogP contribution in [-0.4, -0.2) is 65.0 Å². The number of rotatable bonds is 4. The number of hydrogen-bond acceptors (Lipinski definition) is 3. The van der Waals surface area contributed by atoms with Crippen molar-refractivity contribution in [3.63, 3.8) is 0 Å². The number of amides is 3. The lowest BCUT2D eigenvalue weighted by molar-refractivity contribution is -0.141. The summed E-state index contributed by atoms with van der Waals surface area (Å²) < 4.78 is 0. The molecule has 7 heteroatoms. The first-order chi connectivity index (χ1) is 9.95. The normalized spacial score (nSPS) is 26.0. The van der Waals surface area contributed by atoms with Crippen LogP contribution in [-0.2, 0) is 9.59 Å². The summed E-state index contributed by atoms with van der Waals surface area (Å²) in [5.41, 5.74) is 0. The van der Waals surface area contributed by atoms with Gasteiger partial charge >= 0.3 is 12.0 Å². The summed E-state index contributed by atoms with van der Waals surface area (Å²) >= 11 is 0. The molecule has 3 unspecified atom stereocenters. The van der Waals surface area contributed by atoms with Crippen LogP contribution in [0.1, 0.15) is 26.7 Å². The number of carbonyl (C=O) groups excluding carboxylic acids is 2. The maximum Gasteiger partial charge on any atom is 0.320 e. The molecular formula is C14H23N3O4. The second kappa shape index (κ2) is 6.32. The molecule has 0 spiro atoms. The Balaban J connectivity index is 2.06. The number of nitrogens with one attached hydrogen (secondary N) is 1. The lowest BCUT2D eigenvalue weighted by Gasteiger charge is -2.39. The smallest absolute Gasteiger partial charge is 0.320 e. The molecule has 7 nitrogen and oxygen atoms in total. The molecule has 2 heterocycles. The Bertz CT molecular complexity index is 440. The first-order valence-electron chi connectivity index (χ1n) is 7.51. The van der Waals surface area contributed by atoms with Crippen LogP contribution in [0.4, 0.5) is 4.79 Å². The van der Waals surface area contributed by atoms with Crippen molar-refractivity contribution in [1.82, 2.24) is 15.1 Å². The summed E-state index contributed by atoms with van der Waals surface area (Å²) in [5.74, 6) is -1.59. The monoisotopic (exact) mass is 297 g/mol. The largest absolute Gasteiger partial charge is 0.481 e. The molecule has 2 saturated heterocycles. The van der Waals surface area contributed by atoms with Crippen LogP contribution in [0.3, 0.4) is 0 Å². The fourth-order valence-electron chi connectivity index (χ4n) is 3.12. The summed E-state index contributed by atoms with van der Waals surface area (Å²) in [5, 5.41) is 11.8. The Hall–Kier alpha value is -1.79. The van der Waals surface area contributed by atoms with Crippen molar-refractivity contribution >= 4 is 17.9 Å². The third-order valence-corrected chi connectivity index (χ3v) is 4.41. The van der Waals surface area contributed by atoms with Crippen LogP contribution in [0.15, 0.2) is 0 Å². The average molecular weight is 297 g/mol. The predicted molar refractivity (Wildman–Crippen MR) is 75.7 cm³/mol. The van der Waals surface area contributed by atoms with E-state index in [2.05, 4.69) is 5.32 Å². The molecule has 2 aliphatic heterocycles. The molecule has 0 aromatic heterocycles. The summed E-state index contributed by atoms with van der Waals surface area (Å²) in [6.45, 7) is 5.23. The van der Waals surface area contributed by atoms with Crippen LogP contribution >= 0.6 is 0 Å². The maximum atomic E-state index is 12.7. The van der Waals surface area contributed by atoms with Crippen LogP contribution in [0.2, 0.25) is 0 Å². The van der Waals surface area contributed by atoms with E-state index in [4.69, 9.17) is 5.11 Å². The second-order valence-electron chi connectivity index (χ2n) is 5.82. The molecule has 0 aliphatic carbocycles. The van der Waals surface area contributed by atoms with Crippen molar-refractivity contribution < 1.29 is 19.5 Å². The summed E-state index contributed by atoms with van der Waals surface area (Å²) in [4.78, 5) is 38.7. The van der Waals surface area contributed by atoms with Gasteiger partial charge in [0.05, 0.1) is 17.9 Å². The maximum absolute atomic E-state index is 12.7. The number of carboxylic acids is 1. The van der Waals surface area contributed by atoms with E-state index in [-0.39, 0.29) is 30.4 Å².